The molecular formula is C14H10F4O4. The summed E-state index contributed by atoms with van der Waals surface area (Å²) in [4.78, 5) is 18.5. The molecule has 0 amide bonds. The highest BCUT2D eigenvalue weighted by molar-refractivity contribution is 5.87. The highest BCUT2D eigenvalue weighted by Gasteiger charge is 2.09. The number of hydrogen-bond acceptors (Lipinski definition) is 2. The maximum Gasteiger partial charge on any atom is 0.338 e. The SMILES string of the molecule is Fc1ccccc1F.O=C(O)c1cc(F)ccc1F.O=CO. The van der Waals surface area contributed by atoms with Crippen molar-refractivity contribution >= 4 is 12.4 Å². The normalized spacial score (nSPS) is 8.73. The molecule has 0 spiro atoms. The first-order valence-corrected chi connectivity index (χ1v) is 5.49. The van der Waals surface area contributed by atoms with E-state index in [0.29, 0.717) is 6.07 Å². The van der Waals surface area contributed by atoms with Gasteiger partial charge in [-0.2, -0.15) is 0 Å². The number of carboxylic acids is 1. The smallest absolute Gasteiger partial charge is 0.338 e. The highest BCUT2D eigenvalue weighted by atomic mass is 19.2. The van der Waals surface area contributed by atoms with Gasteiger partial charge in [0.05, 0.1) is 5.56 Å². The van der Waals surface area contributed by atoms with Crippen LogP contribution >= 0.6 is 0 Å². The Kier molecular flexibility index (Phi) is 8.61. The predicted octanol–water partition coefficient (Wildman–Crippen LogP) is 3.33. The fourth-order valence-electron chi connectivity index (χ4n) is 1.10. The summed E-state index contributed by atoms with van der Waals surface area (Å²) >= 11 is 0. The standard InChI is InChI=1S/C7H4F2O2.C6H4F2.CH2O2/c8-4-1-2-6(9)5(3-4)7(10)11;7-5-3-1-2-4-6(5)8;2-1-3/h1-3H,(H,10,11);1-4H;1H,(H,2,3). The summed E-state index contributed by atoms with van der Waals surface area (Å²) in [6, 6.07) is 7.32. The van der Waals surface area contributed by atoms with Crippen LogP contribution in [0.15, 0.2) is 42.5 Å². The second kappa shape index (κ2) is 9.92. The largest absolute Gasteiger partial charge is 0.483 e. The van der Waals surface area contributed by atoms with Crippen LogP contribution in [-0.4, -0.2) is 22.7 Å². The maximum absolute atomic E-state index is 12.5. The van der Waals surface area contributed by atoms with E-state index in [4.69, 9.17) is 15.0 Å². The number of hydrogen-bond donors (Lipinski definition) is 2. The Morgan fingerprint density at radius 3 is 1.68 bits per heavy atom. The van der Waals surface area contributed by atoms with Crippen molar-refractivity contribution in [2.24, 2.45) is 0 Å². The van der Waals surface area contributed by atoms with Crippen molar-refractivity contribution in [3.63, 3.8) is 0 Å². The quantitative estimate of drug-likeness (QED) is 0.625. The van der Waals surface area contributed by atoms with E-state index in [9.17, 15) is 22.4 Å². The van der Waals surface area contributed by atoms with Gasteiger partial charge in [0, 0.05) is 0 Å². The van der Waals surface area contributed by atoms with Gasteiger partial charge in [0.2, 0.25) is 0 Å². The molecule has 2 rings (SSSR count). The first-order chi connectivity index (χ1) is 10.3. The third kappa shape index (κ3) is 7.04. The van der Waals surface area contributed by atoms with E-state index >= 15 is 0 Å². The van der Waals surface area contributed by atoms with Gasteiger partial charge in [0.25, 0.3) is 6.47 Å². The molecule has 0 saturated heterocycles. The molecule has 8 heteroatoms. The summed E-state index contributed by atoms with van der Waals surface area (Å²) in [6.07, 6.45) is 0. The number of halogens is 4. The van der Waals surface area contributed by atoms with Gasteiger partial charge in [-0.05, 0) is 30.3 Å². The number of rotatable bonds is 1. The number of carbonyl (C=O) groups is 2. The van der Waals surface area contributed by atoms with Crippen molar-refractivity contribution < 1.29 is 37.4 Å². The van der Waals surface area contributed by atoms with Crippen LogP contribution in [-0.2, 0) is 4.79 Å². The first kappa shape index (κ1) is 19.1. The Bertz CT molecular complexity index is 611. The topological polar surface area (TPSA) is 74.6 Å². The lowest BCUT2D eigenvalue weighted by molar-refractivity contribution is -0.122. The minimum atomic E-state index is -1.47. The number of carboxylic acid groups (broad SMARTS) is 2. The van der Waals surface area contributed by atoms with E-state index in [2.05, 4.69) is 0 Å². The lowest BCUT2D eigenvalue weighted by atomic mass is 10.2. The third-order valence-electron chi connectivity index (χ3n) is 1.98. The second-order valence-electron chi connectivity index (χ2n) is 3.45. The molecule has 0 unspecified atom stereocenters. The summed E-state index contributed by atoms with van der Waals surface area (Å²) in [5.74, 6) is -4.76. The molecule has 2 aromatic carbocycles. The molecule has 4 nitrogen and oxygen atoms in total. The van der Waals surface area contributed by atoms with Crippen LogP contribution in [0.5, 0.6) is 0 Å². The fourth-order valence-corrected chi connectivity index (χ4v) is 1.10. The van der Waals surface area contributed by atoms with E-state index in [1.807, 2.05) is 0 Å². The average molecular weight is 318 g/mol. The zero-order valence-corrected chi connectivity index (χ0v) is 10.8. The van der Waals surface area contributed by atoms with Gasteiger partial charge in [-0.25, -0.2) is 22.4 Å². The average Bonchev–Trinajstić information content (AvgIpc) is 2.46. The molecule has 0 bridgehead atoms. The summed E-state index contributed by atoms with van der Waals surface area (Å²) in [7, 11) is 0. The Morgan fingerprint density at radius 2 is 1.36 bits per heavy atom. The summed E-state index contributed by atoms with van der Waals surface area (Å²) in [5, 5.41) is 15.2. The van der Waals surface area contributed by atoms with Crippen LogP contribution in [0.25, 0.3) is 0 Å². The molecule has 0 fully saturated rings. The summed E-state index contributed by atoms with van der Waals surface area (Å²) < 4.78 is 48.6. The van der Waals surface area contributed by atoms with E-state index in [-0.39, 0.29) is 6.47 Å². The van der Waals surface area contributed by atoms with Crippen LogP contribution in [0.4, 0.5) is 17.6 Å². The summed E-state index contributed by atoms with van der Waals surface area (Å²) in [5.41, 5.74) is -0.648. The second-order valence-corrected chi connectivity index (χ2v) is 3.45. The molecule has 0 aliphatic carbocycles. The summed E-state index contributed by atoms with van der Waals surface area (Å²) in [6.45, 7) is -0.250. The van der Waals surface area contributed by atoms with E-state index < -0.39 is 34.8 Å². The molecule has 0 atom stereocenters. The van der Waals surface area contributed by atoms with Crippen LogP contribution in [0, 0.1) is 23.3 Å². The molecule has 2 N–H and O–H groups in total. The molecule has 2 aromatic rings. The maximum atomic E-state index is 12.5. The van der Waals surface area contributed by atoms with Crippen molar-refractivity contribution in [1.29, 1.82) is 0 Å². The molecule has 0 aromatic heterocycles. The van der Waals surface area contributed by atoms with Crippen molar-refractivity contribution in [3.05, 3.63) is 71.3 Å². The minimum absolute atomic E-state index is 0.250. The highest BCUT2D eigenvalue weighted by Crippen LogP contribution is 2.08. The van der Waals surface area contributed by atoms with E-state index in [1.54, 1.807) is 0 Å². The van der Waals surface area contributed by atoms with Gasteiger partial charge in [0.1, 0.15) is 11.6 Å². The Morgan fingerprint density at radius 1 is 0.909 bits per heavy atom. The molecule has 0 aliphatic heterocycles. The Balaban J connectivity index is 0.000000352. The lowest BCUT2D eigenvalue weighted by Gasteiger charge is -1.95. The van der Waals surface area contributed by atoms with Crippen LogP contribution < -0.4 is 0 Å². The van der Waals surface area contributed by atoms with E-state index in [1.165, 1.54) is 12.1 Å². The number of aromatic carboxylic acids is 1. The molecular weight excluding hydrogens is 308 g/mol. The molecule has 22 heavy (non-hydrogen) atoms. The van der Waals surface area contributed by atoms with Crippen LogP contribution in [0.3, 0.4) is 0 Å². The van der Waals surface area contributed by atoms with Crippen molar-refractivity contribution in [2.75, 3.05) is 0 Å². The number of benzene rings is 2. The van der Waals surface area contributed by atoms with Crippen molar-refractivity contribution in [2.45, 2.75) is 0 Å². The molecule has 0 saturated carbocycles. The van der Waals surface area contributed by atoms with Gasteiger partial charge in [0.15, 0.2) is 11.6 Å². The minimum Gasteiger partial charge on any atom is -0.483 e. The molecule has 118 valence electrons. The fraction of sp³-hybridized carbons (Fsp3) is 0. The van der Waals surface area contributed by atoms with Crippen LogP contribution in [0.1, 0.15) is 10.4 Å². The molecule has 0 heterocycles. The van der Waals surface area contributed by atoms with Gasteiger partial charge in [-0.1, -0.05) is 12.1 Å². The zero-order chi connectivity index (χ0) is 17.1. The monoisotopic (exact) mass is 318 g/mol. The Hall–Kier alpha value is -2.90. The molecule has 0 aliphatic rings. The predicted molar refractivity (Wildman–Crippen MR) is 68.4 cm³/mol. The first-order valence-electron chi connectivity index (χ1n) is 5.49. The van der Waals surface area contributed by atoms with Gasteiger partial charge >= 0.3 is 5.97 Å². The van der Waals surface area contributed by atoms with Crippen molar-refractivity contribution in [3.8, 4) is 0 Å². The third-order valence-corrected chi connectivity index (χ3v) is 1.98. The molecule has 0 radical (unpaired) electrons. The Labute approximate surface area is 122 Å². The van der Waals surface area contributed by atoms with Crippen molar-refractivity contribution in [1.82, 2.24) is 0 Å². The van der Waals surface area contributed by atoms with Gasteiger partial charge < -0.3 is 10.2 Å². The lowest BCUT2D eigenvalue weighted by Crippen LogP contribution is -2.00. The van der Waals surface area contributed by atoms with Crippen LogP contribution in [0.2, 0.25) is 0 Å². The van der Waals surface area contributed by atoms with Gasteiger partial charge in [-0.3, -0.25) is 4.79 Å². The van der Waals surface area contributed by atoms with Gasteiger partial charge in [-0.15, -0.1) is 0 Å². The van der Waals surface area contributed by atoms with E-state index in [0.717, 1.165) is 24.3 Å². The zero-order valence-electron chi connectivity index (χ0n) is 10.8.